The molecule has 0 spiro atoms. The van der Waals surface area contributed by atoms with Gasteiger partial charge in [-0.25, -0.2) is 0 Å². The maximum Gasteiger partial charge on any atom is 0.0741 e. The normalized spacial score (nSPS) is 47.1. The van der Waals surface area contributed by atoms with Crippen molar-refractivity contribution in [2.45, 2.75) is 64.0 Å². The molecule has 3 fully saturated rings. The van der Waals surface area contributed by atoms with Crippen molar-refractivity contribution in [3.63, 3.8) is 0 Å². The molecule has 2 bridgehead atoms. The van der Waals surface area contributed by atoms with Crippen LogP contribution in [-0.4, -0.2) is 23.3 Å². The van der Waals surface area contributed by atoms with E-state index in [9.17, 15) is 5.11 Å². The van der Waals surface area contributed by atoms with Crippen LogP contribution in [0.4, 0.5) is 0 Å². The molecule has 0 radical (unpaired) electrons. The van der Waals surface area contributed by atoms with Crippen LogP contribution in [0.1, 0.15) is 52.4 Å². The van der Waals surface area contributed by atoms with E-state index < -0.39 is 5.60 Å². The molecule has 2 heteroatoms. The highest BCUT2D eigenvalue weighted by atomic mass is 16.3. The van der Waals surface area contributed by atoms with Crippen molar-refractivity contribution >= 4 is 0 Å². The molecule has 2 nitrogen and oxygen atoms in total. The van der Waals surface area contributed by atoms with Gasteiger partial charge in [0.2, 0.25) is 0 Å². The van der Waals surface area contributed by atoms with Crippen molar-refractivity contribution in [2.75, 3.05) is 6.54 Å². The van der Waals surface area contributed by atoms with Gasteiger partial charge in [-0.15, -0.1) is 0 Å². The number of hydrogen-bond donors (Lipinski definition) is 2. The number of hydrogen-bond acceptors (Lipinski definition) is 2. The van der Waals surface area contributed by atoms with Gasteiger partial charge in [0, 0.05) is 12.6 Å². The van der Waals surface area contributed by atoms with Crippen LogP contribution >= 0.6 is 0 Å². The minimum absolute atomic E-state index is 0.517. The summed E-state index contributed by atoms with van der Waals surface area (Å²) in [5.41, 5.74) is -0.517. The summed E-state index contributed by atoms with van der Waals surface area (Å²) in [4.78, 5) is 0. The van der Waals surface area contributed by atoms with Crippen molar-refractivity contribution in [1.82, 2.24) is 5.32 Å². The summed E-state index contributed by atoms with van der Waals surface area (Å²) in [6, 6.07) is 0.706. The second-order valence-corrected chi connectivity index (χ2v) is 6.99. The molecule has 0 aromatic carbocycles. The van der Waals surface area contributed by atoms with Crippen molar-refractivity contribution in [2.24, 2.45) is 23.7 Å². The zero-order chi connectivity index (χ0) is 12.0. The Labute approximate surface area is 105 Å². The predicted octanol–water partition coefficient (Wildman–Crippen LogP) is 2.56. The van der Waals surface area contributed by atoms with Gasteiger partial charge >= 0.3 is 0 Å². The summed E-state index contributed by atoms with van der Waals surface area (Å²) in [6.07, 6.45) is 8.15. The van der Waals surface area contributed by atoms with Gasteiger partial charge in [0.25, 0.3) is 0 Å². The Morgan fingerprint density at radius 2 is 1.94 bits per heavy atom. The minimum Gasteiger partial charge on any atom is -0.389 e. The lowest BCUT2D eigenvalue weighted by atomic mass is 9.79. The van der Waals surface area contributed by atoms with Crippen LogP contribution in [0, 0.1) is 23.7 Å². The Hall–Kier alpha value is -0.0800. The fourth-order valence-electron chi connectivity index (χ4n) is 4.78. The fourth-order valence-corrected chi connectivity index (χ4v) is 4.78. The summed E-state index contributed by atoms with van der Waals surface area (Å²) in [5, 5.41) is 13.7. The topological polar surface area (TPSA) is 32.3 Å². The lowest BCUT2D eigenvalue weighted by molar-refractivity contribution is 0.0477. The molecule has 2 N–H and O–H groups in total. The Balaban J connectivity index is 1.57. The van der Waals surface area contributed by atoms with Crippen molar-refractivity contribution in [1.29, 1.82) is 0 Å². The first kappa shape index (κ1) is 12.0. The summed E-state index contributed by atoms with van der Waals surface area (Å²) >= 11 is 0. The highest BCUT2D eigenvalue weighted by molar-refractivity contribution is 5.05. The average molecular weight is 237 g/mol. The maximum absolute atomic E-state index is 10.1. The molecule has 0 aromatic heterocycles. The van der Waals surface area contributed by atoms with Gasteiger partial charge in [-0.1, -0.05) is 13.3 Å². The van der Waals surface area contributed by atoms with E-state index >= 15 is 0 Å². The van der Waals surface area contributed by atoms with E-state index in [4.69, 9.17) is 0 Å². The molecule has 6 unspecified atom stereocenters. The molecule has 17 heavy (non-hydrogen) atoms. The van der Waals surface area contributed by atoms with Crippen LogP contribution < -0.4 is 5.32 Å². The molecule has 98 valence electrons. The molecule has 0 amide bonds. The summed E-state index contributed by atoms with van der Waals surface area (Å²) in [5.74, 6) is 4.04. The van der Waals surface area contributed by atoms with Gasteiger partial charge in [-0.05, 0) is 62.7 Å². The summed E-state index contributed by atoms with van der Waals surface area (Å²) in [7, 11) is 0. The van der Waals surface area contributed by atoms with E-state index in [0.29, 0.717) is 6.04 Å². The Bertz CT molecular complexity index is 289. The lowest BCUT2D eigenvalue weighted by Crippen LogP contribution is -2.46. The van der Waals surface area contributed by atoms with E-state index in [1.807, 2.05) is 6.92 Å². The SMILES string of the molecule is CCC(C)(O)CNC1CC2CC1C1CCCC21. The largest absolute Gasteiger partial charge is 0.389 e. The average Bonchev–Trinajstić information content (AvgIpc) is 2.98. The Morgan fingerprint density at radius 1 is 1.18 bits per heavy atom. The van der Waals surface area contributed by atoms with Crippen LogP contribution in [0.25, 0.3) is 0 Å². The number of fused-ring (bicyclic) bond motifs is 5. The van der Waals surface area contributed by atoms with Crippen LogP contribution in [0.15, 0.2) is 0 Å². The molecule has 0 aliphatic heterocycles. The first-order valence-corrected chi connectivity index (χ1v) is 7.56. The highest BCUT2D eigenvalue weighted by Gasteiger charge is 2.53. The van der Waals surface area contributed by atoms with Gasteiger partial charge in [-0.3, -0.25) is 0 Å². The van der Waals surface area contributed by atoms with Gasteiger partial charge in [0.1, 0.15) is 0 Å². The van der Waals surface area contributed by atoms with Crippen LogP contribution in [-0.2, 0) is 0 Å². The molecule has 0 heterocycles. The quantitative estimate of drug-likeness (QED) is 0.787. The van der Waals surface area contributed by atoms with Crippen LogP contribution in [0.3, 0.4) is 0 Å². The second kappa shape index (κ2) is 4.24. The maximum atomic E-state index is 10.1. The molecule has 0 saturated heterocycles. The first-order chi connectivity index (χ1) is 8.11. The summed E-state index contributed by atoms with van der Waals surface area (Å²) in [6.45, 7) is 4.79. The van der Waals surface area contributed by atoms with Gasteiger partial charge in [0.05, 0.1) is 5.60 Å². The smallest absolute Gasteiger partial charge is 0.0741 e. The molecule has 3 aliphatic rings. The van der Waals surface area contributed by atoms with Crippen molar-refractivity contribution in [3.05, 3.63) is 0 Å². The zero-order valence-electron chi connectivity index (χ0n) is 11.3. The second-order valence-electron chi connectivity index (χ2n) is 6.99. The van der Waals surface area contributed by atoms with Crippen molar-refractivity contribution in [3.8, 4) is 0 Å². The van der Waals surface area contributed by atoms with E-state index in [0.717, 1.165) is 36.6 Å². The lowest BCUT2D eigenvalue weighted by Gasteiger charge is -2.34. The molecule has 3 rings (SSSR count). The third-order valence-corrected chi connectivity index (χ3v) is 5.94. The van der Waals surface area contributed by atoms with E-state index in [1.54, 1.807) is 0 Å². The standard InChI is InChI=1S/C15H27NO/c1-3-15(2,17)9-16-14-8-10-7-13(14)12-6-4-5-11(10)12/h10-14,16-17H,3-9H2,1-2H3. The van der Waals surface area contributed by atoms with Crippen LogP contribution in [0.5, 0.6) is 0 Å². The van der Waals surface area contributed by atoms with E-state index in [1.165, 1.54) is 32.1 Å². The Kier molecular flexibility index (Phi) is 2.99. The number of nitrogens with one attached hydrogen (secondary N) is 1. The highest BCUT2D eigenvalue weighted by Crippen LogP contribution is 2.58. The predicted molar refractivity (Wildman–Crippen MR) is 69.8 cm³/mol. The Morgan fingerprint density at radius 3 is 2.71 bits per heavy atom. The minimum atomic E-state index is -0.517. The molecular formula is C15H27NO. The summed E-state index contributed by atoms with van der Waals surface area (Å²) < 4.78 is 0. The van der Waals surface area contributed by atoms with Crippen LogP contribution in [0.2, 0.25) is 0 Å². The van der Waals surface area contributed by atoms with Crippen molar-refractivity contribution < 1.29 is 5.11 Å². The van der Waals surface area contributed by atoms with Gasteiger partial charge < -0.3 is 10.4 Å². The van der Waals surface area contributed by atoms with E-state index in [-0.39, 0.29) is 0 Å². The number of rotatable bonds is 4. The first-order valence-electron chi connectivity index (χ1n) is 7.56. The molecule has 0 aromatic rings. The molecule has 3 aliphatic carbocycles. The van der Waals surface area contributed by atoms with E-state index in [2.05, 4.69) is 12.2 Å². The number of aliphatic hydroxyl groups is 1. The fraction of sp³-hybridized carbons (Fsp3) is 1.00. The molecule has 6 atom stereocenters. The molecule has 3 saturated carbocycles. The molecular weight excluding hydrogens is 210 g/mol. The van der Waals surface area contributed by atoms with Gasteiger partial charge in [-0.2, -0.15) is 0 Å². The monoisotopic (exact) mass is 237 g/mol. The van der Waals surface area contributed by atoms with Gasteiger partial charge in [0.15, 0.2) is 0 Å². The zero-order valence-corrected chi connectivity index (χ0v) is 11.3. The third kappa shape index (κ3) is 2.04. The third-order valence-electron chi connectivity index (χ3n) is 5.94.